The predicted molar refractivity (Wildman–Crippen MR) is 162 cm³/mol. The zero-order valence-electron chi connectivity index (χ0n) is 22.5. The number of aliphatic hydroxyl groups excluding tert-OH is 1. The van der Waals surface area contributed by atoms with Crippen molar-refractivity contribution < 1.29 is 24.2 Å². The lowest BCUT2D eigenvalue weighted by molar-refractivity contribution is -0.140. The number of ether oxygens (including phenoxy) is 2. The molecule has 40 heavy (non-hydrogen) atoms. The molecule has 0 aromatic heterocycles. The molecule has 1 atom stereocenters. The van der Waals surface area contributed by atoms with Gasteiger partial charge in [-0.25, -0.2) is 0 Å². The maximum absolute atomic E-state index is 13.3. The Morgan fingerprint density at radius 2 is 1.68 bits per heavy atom. The van der Waals surface area contributed by atoms with Crippen LogP contribution in [0, 0.1) is 10.5 Å². The Morgan fingerprint density at radius 1 is 0.975 bits per heavy atom. The maximum atomic E-state index is 13.3. The Bertz CT molecular complexity index is 1380. The number of amides is 1. The monoisotopic (exact) mass is 652 g/mol. The van der Waals surface area contributed by atoms with Gasteiger partial charge in [-0.05, 0) is 89.0 Å². The van der Waals surface area contributed by atoms with Crippen molar-refractivity contribution in [3.8, 4) is 5.75 Å². The average molecular weight is 653 g/mol. The van der Waals surface area contributed by atoms with Gasteiger partial charge in [0.15, 0.2) is 0 Å². The molecule has 0 spiro atoms. The minimum atomic E-state index is -0.660. The molecule has 3 aromatic rings. The van der Waals surface area contributed by atoms with Crippen LogP contribution in [0.1, 0.15) is 34.7 Å². The molecule has 1 N–H and O–H groups in total. The molecule has 2 aliphatic rings. The van der Waals surface area contributed by atoms with Crippen molar-refractivity contribution in [2.24, 2.45) is 0 Å². The predicted octanol–water partition coefficient (Wildman–Crippen LogP) is 5.32. The topological polar surface area (TPSA) is 79.3 Å². The van der Waals surface area contributed by atoms with Crippen LogP contribution in [0.2, 0.25) is 0 Å². The number of aryl methyl sites for hydroxylation is 1. The molecule has 2 heterocycles. The number of benzene rings is 3. The number of carbonyl (C=O) groups excluding carboxylic acids is 2. The lowest BCUT2D eigenvalue weighted by Gasteiger charge is -2.29. The van der Waals surface area contributed by atoms with E-state index in [0.717, 1.165) is 46.3 Å². The molecule has 1 unspecified atom stereocenters. The van der Waals surface area contributed by atoms with Gasteiger partial charge in [0.25, 0.3) is 11.7 Å². The fourth-order valence-electron chi connectivity index (χ4n) is 5.19. The summed E-state index contributed by atoms with van der Waals surface area (Å²) in [4.78, 5) is 30.5. The van der Waals surface area contributed by atoms with Gasteiger partial charge >= 0.3 is 0 Å². The van der Waals surface area contributed by atoms with E-state index in [1.807, 2.05) is 55.5 Å². The lowest BCUT2D eigenvalue weighted by Crippen LogP contribution is -2.38. The van der Waals surface area contributed by atoms with Gasteiger partial charge in [-0.3, -0.25) is 14.5 Å². The molecule has 0 aliphatic carbocycles. The van der Waals surface area contributed by atoms with Crippen LogP contribution >= 0.6 is 22.6 Å². The number of rotatable bonds is 9. The molecule has 1 amide bonds. The molecule has 2 aliphatic heterocycles. The summed E-state index contributed by atoms with van der Waals surface area (Å²) in [6, 6.07) is 22.1. The Labute approximate surface area is 248 Å². The van der Waals surface area contributed by atoms with E-state index in [0.29, 0.717) is 37.7 Å². The second-order valence-corrected chi connectivity index (χ2v) is 11.3. The fraction of sp³-hybridized carbons (Fsp3) is 0.312. The number of nitrogens with zero attached hydrogens (tertiary/aromatic N) is 2. The summed E-state index contributed by atoms with van der Waals surface area (Å²) < 4.78 is 12.4. The molecule has 8 heteroatoms. The number of halogens is 1. The zero-order valence-corrected chi connectivity index (χ0v) is 24.7. The number of hydrogen-bond acceptors (Lipinski definition) is 6. The number of Topliss-reactive ketones (excluding diaryl/α,β-unsaturated/α-hetero) is 1. The van der Waals surface area contributed by atoms with Crippen LogP contribution in [-0.2, 0) is 20.9 Å². The van der Waals surface area contributed by atoms with Crippen molar-refractivity contribution in [3.05, 3.63) is 104 Å². The molecule has 0 bridgehead atoms. The minimum absolute atomic E-state index is 0.117. The van der Waals surface area contributed by atoms with E-state index >= 15 is 0 Å². The van der Waals surface area contributed by atoms with Gasteiger partial charge in [0.05, 0.1) is 24.8 Å². The van der Waals surface area contributed by atoms with Gasteiger partial charge in [-0.15, -0.1) is 0 Å². The number of ketones is 1. The number of morpholine rings is 1. The van der Waals surface area contributed by atoms with E-state index in [1.54, 1.807) is 29.2 Å². The van der Waals surface area contributed by atoms with Crippen LogP contribution in [-0.4, -0.2) is 66.0 Å². The normalized spacial score (nSPS) is 19.2. The van der Waals surface area contributed by atoms with E-state index in [2.05, 4.69) is 27.5 Å². The second kappa shape index (κ2) is 13.0. The van der Waals surface area contributed by atoms with Gasteiger partial charge in [0.2, 0.25) is 0 Å². The fourth-order valence-corrected chi connectivity index (χ4v) is 5.55. The summed E-state index contributed by atoms with van der Waals surface area (Å²) in [6.45, 7) is 6.86. The van der Waals surface area contributed by atoms with Gasteiger partial charge in [0, 0.05) is 35.3 Å². The van der Waals surface area contributed by atoms with Crippen LogP contribution in [0.25, 0.3) is 5.76 Å². The standard InChI is InChI=1S/C32H33IN2O5/c1-22-5-2-3-6-25(22)21-40-27-13-9-24(10-14-27)30(36)28-29(23-7-11-26(33)12-8-23)35(32(38)31(28)37)16-4-15-34-17-19-39-20-18-34/h2-3,5-14,29,36H,4,15-21H2,1H3. The molecule has 7 nitrogen and oxygen atoms in total. The smallest absolute Gasteiger partial charge is 0.295 e. The lowest BCUT2D eigenvalue weighted by atomic mass is 9.95. The third-order valence-corrected chi connectivity index (χ3v) is 8.21. The number of aliphatic hydroxyl groups is 1. The van der Waals surface area contributed by atoms with Crippen molar-refractivity contribution in [1.82, 2.24) is 9.80 Å². The summed E-state index contributed by atoms with van der Waals surface area (Å²) in [5.74, 6) is -0.766. The van der Waals surface area contributed by atoms with Crippen molar-refractivity contribution in [2.75, 3.05) is 39.4 Å². The summed E-state index contributed by atoms with van der Waals surface area (Å²) in [6.07, 6.45) is 0.723. The van der Waals surface area contributed by atoms with Gasteiger partial charge < -0.3 is 19.5 Å². The van der Waals surface area contributed by atoms with E-state index < -0.39 is 17.7 Å². The second-order valence-electron chi connectivity index (χ2n) is 10.1. The molecule has 0 saturated carbocycles. The SMILES string of the molecule is Cc1ccccc1COc1ccc(C(O)=C2C(=O)C(=O)N(CCCN3CCOCC3)C2c2ccc(I)cc2)cc1. The summed E-state index contributed by atoms with van der Waals surface area (Å²) in [5, 5.41) is 11.4. The van der Waals surface area contributed by atoms with Crippen molar-refractivity contribution in [3.63, 3.8) is 0 Å². The number of hydrogen-bond donors (Lipinski definition) is 1. The minimum Gasteiger partial charge on any atom is -0.507 e. The highest BCUT2D eigenvalue weighted by molar-refractivity contribution is 14.1. The van der Waals surface area contributed by atoms with Crippen molar-refractivity contribution in [2.45, 2.75) is 26.0 Å². The third-order valence-electron chi connectivity index (χ3n) is 7.49. The molecule has 5 rings (SSSR count). The van der Waals surface area contributed by atoms with Crippen molar-refractivity contribution in [1.29, 1.82) is 0 Å². The first kappa shape index (κ1) is 28.3. The first-order chi connectivity index (χ1) is 19.4. The highest BCUT2D eigenvalue weighted by Gasteiger charge is 2.45. The van der Waals surface area contributed by atoms with Crippen molar-refractivity contribution >= 4 is 40.0 Å². The average Bonchev–Trinajstić information content (AvgIpc) is 3.23. The molecule has 2 saturated heterocycles. The van der Waals surface area contributed by atoms with E-state index in [-0.39, 0.29) is 11.3 Å². The maximum Gasteiger partial charge on any atom is 0.295 e. The van der Waals surface area contributed by atoms with Crippen LogP contribution in [0.15, 0.2) is 78.4 Å². The highest BCUT2D eigenvalue weighted by atomic mass is 127. The molecule has 3 aromatic carbocycles. The van der Waals surface area contributed by atoms with Crippen LogP contribution in [0.4, 0.5) is 0 Å². The van der Waals surface area contributed by atoms with E-state index in [9.17, 15) is 14.7 Å². The Hall–Kier alpha value is -3.21. The Balaban J connectivity index is 1.38. The zero-order chi connectivity index (χ0) is 28.1. The van der Waals surface area contributed by atoms with Gasteiger partial charge in [0.1, 0.15) is 18.1 Å². The van der Waals surface area contributed by atoms with Gasteiger partial charge in [-0.1, -0.05) is 36.4 Å². The largest absolute Gasteiger partial charge is 0.507 e. The number of likely N-dealkylation sites (tertiary alicyclic amines) is 1. The summed E-state index contributed by atoms with van der Waals surface area (Å²) in [5.41, 5.74) is 3.63. The third kappa shape index (κ3) is 6.40. The first-order valence-corrected chi connectivity index (χ1v) is 14.6. The van der Waals surface area contributed by atoms with Crippen LogP contribution in [0.5, 0.6) is 5.75 Å². The summed E-state index contributed by atoms with van der Waals surface area (Å²) in [7, 11) is 0. The quantitative estimate of drug-likeness (QED) is 0.146. The molecular weight excluding hydrogens is 619 g/mol. The molecule has 2 fully saturated rings. The molecular formula is C32H33IN2O5. The Kier molecular flexibility index (Phi) is 9.18. The first-order valence-electron chi connectivity index (χ1n) is 13.5. The number of carbonyl (C=O) groups is 2. The van der Waals surface area contributed by atoms with Crippen LogP contribution < -0.4 is 4.74 Å². The van der Waals surface area contributed by atoms with Gasteiger partial charge in [-0.2, -0.15) is 0 Å². The molecule has 208 valence electrons. The van der Waals surface area contributed by atoms with E-state index in [4.69, 9.17) is 9.47 Å². The summed E-state index contributed by atoms with van der Waals surface area (Å²) >= 11 is 2.23. The van der Waals surface area contributed by atoms with Crippen LogP contribution in [0.3, 0.4) is 0 Å². The van der Waals surface area contributed by atoms with E-state index in [1.165, 1.54) is 0 Å². The Morgan fingerprint density at radius 3 is 2.38 bits per heavy atom. The molecule has 0 radical (unpaired) electrons. The highest BCUT2D eigenvalue weighted by Crippen LogP contribution is 2.39.